The molecule has 1 fully saturated rings. The van der Waals surface area contributed by atoms with Gasteiger partial charge in [-0.25, -0.2) is 0 Å². The molecule has 1 N–H and O–H groups in total. The minimum Gasteiger partial charge on any atom is -0.494 e. The van der Waals surface area contributed by atoms with Crippen LogP contribution in [0.2, 0.25) is 0 Å². The van der Waals surface area contributed by atoms with Crippen molar-refractivity contribution in [2.24, 2.45) is 0 Å². The summed E-state index contributed by atoms with van der Waals surface area (Å²) in [6.07, 6.45) is 4.14. The fourth-order valence-electron chi connectivity index (χ4n) is 2.76. The molecule has 1 aromatic rings. The van der Waals surface area contributed by atoms with Gasteiger partial charge in [-0.05, 0) is 57.5 Å². The largest absolute Gasteiger partial charge is 0.494 e. The van der Waals surface area contributed by atoms with Crippen molar-refractivity contribution in [1.29, 1.82) is 0 Å². The van der Waals surface area contributed by atoms with Crippen LogP contribution >= 0.6 is 0 Å². The van der Waals surface area contributed by atoms with Crippen LogP contribution in [0.4, 0.5) is 0 Å². The van der Waals surface area contributed by atoms with Gasteiger partial charge in [-0.3, -0.25) is 0 Å². The van der Waals surface area contributed by atoms with E-state index in [0.717, 1.165) is 25.4 Å². The zero-order chi connectivity index (χ0) is 14.2. The highest BCUT2D eigenvalue weighted by Crippen LogP contribution is 2.12. The van der Waals surface area contributed by atoms with Gasteiger partial charge in [0.1, 0.15) is 5.75 Å². The van der Waals surface area contributed by atoms with E-state index in [4.69, 9.17) is 4.74 Å². The summed E-state index contributed by atoms with van der Waals surface area (Å²) < 4.78 is 5.46. The van der Waals surface area contributed by atoms with E-state index >= 15 is 0 Å². The Morgan fingerprint density at radius 2 is 1.85 bits per heavy atom. The van der Waals surface area contributed by atoms with E-state index in [-0.39, 0.29) is 0 Å². The van der Waals surface area contributed by atoms with Crippen LogP contribution in [-0.2, 0) is 6.54 Å². The van der Waals surface area contributed by atoms with E-state index in [9.17, 15) is 0 Å². The molecule has 1 heterocycles. The number of hydrogen-bond donors (Lipinski definition) is 1. The fourth-order valence-corrected chi connectivity index (χ4v) is 2.76. The zero-order valence-electron chi connectivity index (χ0n) is 12.9. The van der Waals surface area contributed by atoms with Crippen molar-refractivity contribution in [2.75, 3.05) is 26.2 Å². The molecule has 0 radical (unpaired) electrons. The third-order valence-electron chi connectivity index (χ3n) is 3.87. The van der Waals surface area contributed by atoms with Gasteiger partial charge in [-0.1, -0.05) is 18.6 Å². The van der Waals surface area contributed by atoms with Crippen molar-refractivity contribution in [3.8, 4) is 5.75 Å². The predicted octanol–water partition coefficient (Wildman–Crippen LogP) is 3.05. The van der Waals surface area contributed by atoms with Crippen LogP contribution in [0.25, 0.3) is 0 Å². The lowest BCUT2D eigenvalue weighted by Crippen LogP contribution is -2.41. The topological polar surface area (TPSA) is 24.5 Å². The molecular weight excluding hydrogens is 248 g/mol. The van der Waals surface area contributed by atoms with Crippen LogP contribution in [-0.4, -0.2) is 37.2 Å². The normalized spacial score (nSPS) is 17.9. The lowest BCUT2D eigenvalue weighted by atomic mass is 10.1. The van der Waals surface area contributed by atoms with Gasteiger partial charge in [0.2, 0.25) is 0 Å². The van der Waals surface area contributed by atoms with Gasteiger partial charge in [0.15, 0.2) is 0 Å². The first-order valence-electron chi connectivity index (χ1n) is 7.95. The summed E-state index contributed by atoms with van der Waals surface area (Å²) in [5.74, 6) is 0.956. The molecule has 0 amide bonds. The number of rotatable bonds is 7. The fraction of sp³-hybridized carbons (Fsp3) is 0.647. The van der Waals surface area contributed by atoms with E-state index < -0.39 is 0 Å². The van der Waals surface area contributed by atoms with Crippen molar-refractivity contribution < 1.29 is 4.74 Å². The van der Waals surface area contributed by atoms with Gasteiger partial charge in [-0.15, -0.1) is 0 Å². The van der Waals surface area contributed by atoms with Gasteiger partial charge in [0, 0.05) is 19.1 Å². The first kappa shape index (κ1) is 15.3. The Morgan fingerprint density at radius 3 is 2.50 bits per heavy atom. The Balaban J connectivity index is 1.70. The Hall–Kier alpha value is -1.06. The highest BCUT2D eigenvalue weighted by atomic mass is 16.5. The second kappa shape index (κ2) is 8.28. The van der Waals surface area contributed by atoms with Gasteiger partial charge >= 0.3 is 0 Å². The van der Waals surface area contributed by atoms with Crippen molar-refractivity contribution in [3.63, 3.8) is 0 Å². The number of ether oxygens (including phenoxy) is 1. The maximum atomic E-state index is 5.46. The third-order valence-corrected chi connectivity index (χ3v) is 3.87. The average Bonchev–Trinajstić information content (AvgIpc) is 2.48. The van der Waals surface area contributed by atoms with Crippen LogP contribution in [0, 0.1) is 0 Å². The lowest BCUT2D eigenvalue weighted by Gasteiger charge is -2.29. The smallest absolute Gasteiger partial charge is 0.119 e. The molecular formula is C17H28N2O. The van der Waals surface area contributed by atoms with Crippen LogP contribution < -0.4 is 10.1 Å². The number of nitrogens with zero attached hydrogens (tertiary/aromatic N) is 1. The van der Waals surface area contributed by atoms with Crippen molar-refractivity contribution in [2.45, 2.75) is 45.7 Å². The van der Waals surface area contributed by atoms with Crippen molar-refractivity contribution in [1.82, 2.24) is 10.2 Å². The first-order chi connectivity index (χ1) is 9.78. The summed E-state index contributed by atoms with van der Waals surface area (Å²) in [6, 6.07) is 8.93. The van der Waals surface area contributed by atoms with Crippen LogP contribution in [0.1, 0.15) is 38.7 Å². The van der Waals surface area contributed by atoms with Crippen LogP contribution in [0.15, 0.2) is 24.3 Å². The summed E-state index contributed by atoms with van der Waals surface area (Å²) in [5, 5.41) is 3.62. The molecule has 1 aliphatic rings. The first-order valence-corrected chi connectivity index (χ1v) is 7.95. The van der Waals surface area contributed by atoms with E-state index in [0.29, 0.717) is 6.04 Å². The molecule has 0 spiro atoms. The number of benzene rings is 1. The van der Waals surface area contributed by atoms with Gasteiger partial charge in [-0.2, -0.15) is 0 Å². The highest BCUT2D eigenvalue weighted by Gasteiger charge is 2.12. The molecule has 1 aliphatic heterocycles. The Labute approximate surface area is 123 Å². The van der Waals surface area contributed by atoms with Crippen LogP contribution in [0.3, 0.4) is 0 Å². The molecule has 1 saturated heterocycles. The summed E-state index contributed by atoms with van der Waals surface area (Å²) in [6.45, 7) is 9.66. The average molecular weight is 276 g/mol. The molecule has 2 rings (SSSR count). The second-order valence-electron chi connectivity index (χ2n) is 5.72. The van der Waals surface area contributed by atoms with E-state index in [1.807, 2.05) is 6.92 Å². The van der Waals surface area contributed by atoms with E-state index in [1.54, 1.807) is 0 Å². The van der Waals surface area contributed by atoms with Crippen LogP contribution in [0.5, 0.6) is 5.75 Å². The van der Waals surface area contributed by atoms with Crippen molar-refractivity contribution >= 4 is 0 Å². The molecule has 0 aliphatic carbocycles. The van der Waals surface area contributed by atoms with Gasteiger partial charge < -0.3 is 15.0 Å². The third kappa shape index (κ3) is 5.14. The lowest BCUT2D eigenvalue weighted by molar-refractivity contribution is 0.209. The summed E-state index contributed by atoms with van der Waals surface area (Å²) >= 11 is 0. The molecule has 112 valence electrons. The number of nitrogens with one attached hydrogen (secondary N) is 1. The molecule has 1 atom stereocenters. The molecule has 1 aromatic carbocycles. The number of hydrogen-bond acceptors (Lipinski definition) is 3. The predicted molar refractivity (Wildman–Crippen MR) is 84.2 cm³/mol. The summed E-state index contributed by atoms with van der Waals surface area (Å²) in [7, 11) is 0. The molecule has 20 heavy (non-hydrogen) atoms. The maximum absolute atomic E-state index is 5.46. The molecule has 0 bridgehead atoms. The summed E-state index contributed by atoms with van der Waals surface area (Å²) in [5.41, 5.74) is 1.32. The molecule has 1 unspecified atom stereocenters. The molecule has 0 aromatic heterocycles. The monoisotopic (exact) mass is 276 g/mol. The number of piperidine rings is 1. The maximum Gasteiger partial charge on any atom is 0.119 e. The molecule has 0 saturated carbocycles. The van der Waals surface area contributed by atoms with Gasteiger partial charge in [0.25, 0.3) is 0 Å². The molecule has 3 nitrogen and oxygen atoms in total. The molecule has 3 heteroatoms. The van der Waals surface area contributed by atoms with E-state index in [1.165, 1.54) is 37.9 Å². The minimum absolute atomic E-state index is 0.541. The van der Waals surface area contributed by atoms with E-state index in [2.05, 4.69) is 41.4 Å². The zero-order valence-corrected chi connectivity index (χ0v) is 12.9. The van der Waals surface area contributed by atoms with Gasteiger partial charge in [0.05, 0.1) is 6.61 Å². The Bertz CT molecular complexity index is 371. The minimum atomic E-state index is 0.541. The summed E-state index contributed by atoms with van der Waals surface area (Å²) in [4.78, 5) is 2.58. The Kier molecular flexibility index (Phi) is 6.34. The van der Waals surface area contributed by atoms with Crippen molar-refractivity contribution in [3.05, 3.63) is 29.8 Å². The highest BCUT2D eigenvalue weighted by molar-refractivity contribution is 5.27. The standard InChI is InChI=1S/C17H28N2O/c1-3-20-17-9-7-16(8-10-17)13-18-15(2)14-19-11-5-4-6-12-19/h7-10,15,18H,3-6,11-14H2,1-2H3. The second-order valence-corrected chi connectivity index (χ2v) is 5.72. The number of likely N-dealkylation sites (tertiary alicyclic amines) is 1. The quantitative estimate of drug-likeness (QED) is 0.828. The SMILES string of the molecule is CCOc1ccc(CNC(C)CN2CCCCC2)cc1. The Morgan fingerprint density at radius 1 is 1.15 bits per heavy atom.